The fraction of sp³-hybridized carbons (Fsp3) is 0.238. The lowest BCUT2D eigenvalue weighted by Crippen LogP contribution is -2.11. The van der Waals surface area contributed by atoms with Crippen LogP contribution in [0.2, 0.25) is 0 Å². The fourth-order valence-corrected chi connectivity index (χ4v) is 3.35. The summed E-state index contributed by atoms with van der Waals surface area (Å²) in [4.78, 5) is 21.0. The number of pyridine rings is 1. The Morgan fingerprint density at radius 3 is 2.72 bits per heavy atom. The molecule has 3 aromatic heterocycles. The van der Waals surface area contributed by atoms with Crippen LogP contribution in [0.3, 0.4) is 0 Å². The first-order valence-electron chi connectivity index (χ1n) is 9.39. The molecule has 0 aliphatic rings. The second kappa shape index (κ2) is 7.75. The molecule has 0 aliphatic heterocycles. The van der Waals surface area contributed by atoms with Gasteiger partial charge in [-0.15, -0.1) is 0 Å². The number of nitrogens with zero attached hydrogens (tertiary/aromatic N) is 5. The monoisotopic (exact) mass is 390 g/mol. The van der Waals surface area contributed by atoms with E-state index in [2.05, 4.69) is 20.4 Å². The molecule has 0 unspecified atom stereocenters. The maximum atomic E-state index is 12.5. The van der Waals surface area contributed by atoms with Crippen LogP contribution in [-0.4, -0.2) is 36.9 Å². The first-order valence-corrected chi connectivity index (χ1v) is 9.39. The Bertz CT molecular complexity index is 1150. The van der Waals surface area contributed by atoms with Gasteiger partial charge in [-0.05, 0) is 31.5 Å². The zero-order valence-corrected chi connectivity index (χ0v) is 16.6. The number of aromatic nitrogens is 5. The van der Waals surface area contributed by atoms with E-state index in [0.29, 0.717) is 30.0 Å². The van der Waals surface area contributed by atoms with E-state index in [1.165, 1.54) is 0 Å². The average Bonchev–Trinajstić information content (AvgIpc) is 3.35. The summed E-state index contributed by atoms with van der Waals surface area (Å²) in [6.07, 6.45) is 6.96. The predicted octanol–water partition coefficient (Wildman–Crippen LogP) is 3.25. The normalized spacial score (nSPS) is 11.0. The van der Waals surface area contributed by atoms with Crippen LogP contribution in [0, 0.1) is 6.92 Å². The molecule has 29 heavy (non-hydrogen) atoms. The molecule has 1 N–H and O–H groups in total. The van der Waals surface area contributed by atoms with Crippen molar-refractivity contribution in [1.29, 1.82) is 0 Å². The number of aryl methyl sites for hydroxylation is 2. The fourth-order valence-electron chi connectivity index (χ4n) is 3.35. The Morgan fingerprint density at radius 2 is 2.03 bits per heavy atom. The highest BCUT2D eigenvalue weighted by molar-refractivity contribution is 6.05. The third kappa shape index (κ3) is 3.56. The molecule has 0 atom stereocenters. The van der Waals surface area contributed by atoms with Crippen molar-refractivity contribution in [1.82, 2.24) is 24.3 Å². The van der Waals surface area contributed by atoms with Crippen molar-refractivity contribution in [2.45, 2.75) is 20.4 Å². The number of carbonyl (C=O) groups is 1. The van der Waals surface area contributed by atoms with Crippen molar-refractivity contribution >= 4 is 22.7 Å². The summed E-state index contributed by atoms with van der Waals surface area (Å²) in [6, 6.07) is 8.15. The Labute approximate surface area is 168 Å². The number of fused-ring (bicyclic) bond motifs is 1. The van der Waals surface area contributed by atoms with Crippen LogP contribution in [0.1, 0.15) is 28.5 Å². The van der Waals surface area contributed by atoms with Gasteiger partial charge in [0.15, 0.2) is 5.65 Å². The van der Waals surface area contributed by atoms with Crippen molar-refractivity contribution in [2.24, 2.45) is 7.05 Å². The third-order valence-corrected chi connectivity index (χ3v) is 4.73. The van der Waals surface area contributed by atoms with E-state index in [0.717, 1.165) is 22.3 Å². The Balaban J connectivity index is 1.65. The molecule has 0 fully saturated rings. The molecule has 3 heterocycles. The predicted molar refractivity (Wildman–Crippen MR) is 110 cm³/mol. The van der Waals surface area contributed by atoms with Crippen LogP contribution in [-0.2, 0) is 18.3 Å². The third-order valence-electron chi connectivity index (χ3n) is 4.73. The zero-order chi connectivity index (χ0) is 20.4. The largest absolute Gasteiger partial charge is 0.462 e. The van der Waals surface area contributed by atoms with Crippen LogP contribution in [0.4, 0.5) is 5.69 Å². The lowest BCUT2D eigenvalue weighted by atomic mass is 10.1. The molecule has 4 aromatic rings. The molecule has 0 saturated carbocycles. The summed E-state index contributed by atoms with van der Waals surface area (Å²) in [7, 11) is 1.84. The summed E-state index contributed by atoms with van der Waals surface area (Å²) >= 11 is 0. The van der Waals surface area contributed by atoms with Crippen LogP contribution >= 0.6 is 0 Å². The minimum absolute atomic E-state index is 0.304. The highest BCUT2D eigenvalue weighted by Gasteiger charge is 2.20. The number of nitrogens with one attached hydrogen (secondary N) is 1. The number of ether oxygens (including phenoxy) is 1. The number of esters is 1. The van der Waals surface area contributed by atoms with Crippen molar-refractivity contribution in [3.63, 3.8) is 0 Å². The minimum Gasteiger partial charge on any atom is -0.462 e. The van der Waals surface area contributed by atoms with Gasteiger partial charge in [-0.1, -0.05) is 12.1 Å². The van der Waals surface area contributed by atoms with Crippen molar-refractivity contribution in [3.8, 4) is 5.69 Å². The number of carbonyl (C=O) groups excluding carboxylic acids is 1. The highest BCUT2D eigenvalue weighted by Crippen LogP contribution is 2.29. The second-order valence-corrected chi connectivity index (χ2v) is 6.66. The van der Waals surface area contributed by atoms with Crippen LogP contribution in [0.5, 0.6) is 0 Å². The number of imidazole rings is 1. The topological polar surface area (TPSA) is 86.9 Å². The van der Waals surface area contributed by atoms with Gasteiger partial charge in [0.2, 0.25) is 0 Å². The van der Waals surface area contributed by atoms with E-state index >= 15 is 0 Å². The Hall–Kier alpha value is -3.68. The van der Waals surface area contributed by atoms with E-state index < -0.39 is 5.97 Å². The molecule has 1 aromatic carbocycles. The number of anilines is 1. The Kier molecular flexibility index (Phi) is 4.99. The van der Waals surface area contributed by atoms with Gasteiger partial charge in [-0.3, -0.25) is 4.68 Å². The van der Waals surface area contributed by atoms with Crippen LogP contribution in [0.15, 0.2) is 49.2 Å². The summed E-state index contributed by atoms with van der Waals surface area (Å²) in [6.45, 7) is 4.54. The Morgan fingerprint density at radius 1 is 1.24 bits per heavy atom. The van der Waals surface area contributed by atoms with Gasteiger partial charge in [-0.25, -0.2) is 14.8 Å². The highest BCUT2D eigenvalue weighted by atomic mass is 16.5. The minimum atomic E-state index is -0.400. The molecule has 0 aliphatic carbocycles. The quantitative estimate of drug-likeness (QED) is 0.509. The van der Waals surface area contributed by atoms with Gasteiger partial charge in [-0.2, -0.15) is 5.10 Å². The van der Waals surface area contributed by atoms with Gasteiger partial charge >= 0.3 is 5.97 Å². The number of benzene rings is 1. The lowest BCUT2D eigenvalue weighted by molar-refractivity contribution is 0.0527. The van der Waals surface area contributed by atoms with Crippen molar-refractivity contribution in [2.75, 3.05) is 11.9 Å². The van der Waals surface area contributed by atoms with E-state index in [1.807, 2.05) is 49.0 Å². The second-order valence-electron chi connectivity index (χ2n) is 6.66. The maximum Gasteiger partial charge on any atom is 0.341 e. The van der Waals surface area contributed by atoms with Gasteiger partial charge < -0.3 is 14.6 Å². The SMILES string of the molecule is CCOC(=O)c1cnc2c(c(C)nn2C)c1NCc1ccc(-n2ccnc2)cc1. The van der Waals surface area contributed by atoms with Crippen molar-refractivity contribution in [3.05, 3.63) is 66.0 Å². The molecular weight excluding hydrogens is 368 g/mol. The molecule has 4 rings (SSSR count). The maximum absolute atomic E-state index is 12.5. The molecule has 0 saturated heterocycles. The standard InChI is InChI=1S/C21H22N6O2/c1-4-29-21(28)17-12-24-20-18(14(2)25-26(20)3)19(17)23-11-15-5-7-16(8-6-15)27-10-9-22-13-27/h5-10,12-13H,4,11H2,1-3H3,(H,23,24). The molecule has 0 amide bonds. The molecule has 8 heteroatoms. The van der Waals surface area contributed by atoms with Gasteiger partial charge in [0.25, 0.3) is 0 Å². The van der Waals surface area contributed by atoms with E-state index in [-0.39, 0.29) is 0 Å². The molecular formula is C21H22N6O2. The van der Waals surface area contributed by atoms with E-state index in [9.17, 15) is 4.79 Å². The van der Waals surface area contributed by atoms with E-state index in [4.69, 9.17) is 4.74 Å². The van der Waals surface area contributed by atoms with E-state index in [1.54, 1.807) is 30.3 Å². The summed E-state index contributed by atoms with van der Waals surface area (Å²) < 4.78 is 8.88. The summed E-state index contributed by atoms with van der Waals surface area (Å²) in [5.74, 6) is -0.400. The van der Waals surface area contributed by atoms with Gasteiger partial charge in [0.1, 0.15) is 5.56 Å². The van der Waals surface area contributed by atoms with Gasteiger partial charge in [0.05, 0.1) is 29.7 Å². The first-order chi connectivity index (χ1) is 14.1. The zero-order valence-electron chi connectivity index (χ0n) is 16.6. The molecule has 148 valence electrons. The van der Waals surface area contributed by atoms with Crippen LogP contribution < -0.4 is 5.32 Å². The summed E-state index contributed by atoms with van der Waals surface area (Å²) in [5, 5.41) is 8.68. The summed E-state index contributed by atoms with van der Waals surface area (Å²) in [5.41, 5.74) is 4.74. The average molecular weight is 390 g/mol. The lowest BCUT2D eigenvalue weighted by Gasteiger charge is -2.13. The number of hydrogen-bond donors (Lipinski definition) is 1. The smallest absolute Gasteiger partial charge is 0.341 e. The van der Waals surface area contributed by atoms with Crippen LogP contribution in [0.25, 0.3) is 16.7 Å². The van der Waals surface area contributed by atoms with Gasteiger partial charge in [0, 0.05) is 37.9 Å². The first kappa shape index (κ1) is 18.7. The number of rotatable bonds is 6. The molecule has 0 bridgehead atoms. The molecule has 0 spiro atoms. The van der Waals surface area contributed by atoms with Crippen molar-refractivity contribution < 1.29 is 9.53 Å². The number of hydrogen-bond acceptors (Lipinski definition) is 6. The molecule has 0 radical (unpaired) electrons. The molecule has 8 nitrogen and oxygen atoms in total.